The van der Waals surface area contributed by atoms with E-state index in [1.54, 1.807) is 0 Å². The molecule has 4 rings (SSSR count). The van der Waals surface area contributed by atoms with Gasteiger partial charge in [-0.15, -0.1) is 11.8 Å². The summed E-state index contributed by atoms with van der Waals surface area (Å²) in [5, 5.41) is 7.44. The first-order valence-corrected chi connectivity index (χ1v) is 13.4. The monoisotopic (exact) mass is 475 g/mol. The molecule has 2 aromatic rings. The first-order valence-electron chi connectivity index (χ1n) is 12.4. The molecular weight excluding hydrogens is 434 g/mol. The number of hydrogen-bond donors (Lipinski definition) is 3. The van der Waals surface area contributed by atoms with Gasteiger partial charge in [0.05, 0.1) is 5.54 Å². The van der Waals surface area contributed by atoms with Crippen molar-refractivity contribution in [2.75, 3.05) is 23.5 Å². The number of para-hydroxylation sites is 1. The highest BCUT2D eigenvalue weighted by molar-refractivity contribution is 7.99. The Kier molecular flexibility index (Phi) is 6.69. The summed E-state index contributed by atoms with van der Waals surface area (Å²) in [6, 6.07) is 13.3. The molecule has 1 atom stereocenters. The van der Waals surface area contributed by atoms with Crippen LogP contribution in [-0.2, 0) is 17.3 Å². The van der Waals surface area contributed by atoms with Crippen LogP contribution in [0, 0.1) is 0 Å². The van der Waals surface area contributed by atoms with Crippen LogP contribution in [0.3, 0.4) is 0 Å². The van der Waals surface area contributed by atoms with Crippen LogP contribution < -0.4 is 16.4 Å². The van der Waals surface area contributed by atoms with Gasteiger partial charge in [0.1, 0.15) is 0 Å². The van der Waals surface area contributed by atoms with Gasteiger partial charge in [0.15, 0.2) is 0 Å². The second-order valence-corrected chi connectivity index (χ2v) is 13.1. The van der Waals surface area contributed by atoms with Crippen LogP contribution in [0.5, 0.6) is 0 Å². The lowest BCUT2D eigenvalue weighted by molar-refractivity contribution is 0.566. The van der Waals surface area contributed by atoms with Crippen molar-refractivity contribution in [1.29, 1.82) is 0 Å². The minimum absolute atomic E-state index is 0.0203. The van der Waals surface area contributed by atoms with E-state index in [2.05, 4.69) is 108 Å². The zero-order chi connectivity index (χ0) is 24.7. The smallest absolute Gasteiger partial charge is 0.0598 e. The molecule has 0 aromatic heterocycles. The molecule has 34 heavy (non-hydrogen) atoms. The molecule has 0 amide bonds. The lowest BCUT2D eigenvalue weighted by Gasteiger charge is -2.41. The molecule has 0 radical (unpaired) electrons. The Hall–Kier alpha value is -2.17. The van der Waals surface area contributed by atoms with Crippen LogP contribution in [0.25, 0.3) is 0 Å². The average molecular weight is 476 g/mol. The molecule has 2 aliphatic rings. The fraction of sp³-hybridized carbons (Fsp3) is 0.467. The maximum absolute atomic E-state index is 6.63. The van der Waals surface area contributed by atoms with Crippen molar-refractivity contribution in [3.8, 4) is 0 Å². The second kappa shape index (κ2) is 9.13. The first kappa shape index (κ1) is 24.9. The summed E-state index contributed by atoms with van der Waals surface area (Å²) >= 11 is 1.86. The van der Waals surface area contributed by atoms with Crippen LogP contribution in [0.15, 0.2) is 64.6 Å². The zero-order valence-electron chi connectivity index (χ0n) is 21.9. The Bertz CT molecular complexity index is 1100. The highest BCUT2D eigenvalue weighted by Gasteiger charge is 2.34. The predicted octanol–water partition coefficient (Wildman–Crippen LogP) is 7.19. The van der Waals surface area contributed by atoms with E-state index in [0.29, 0.717) is 0 Å². The molecule has 4 N–H and O–H groups in total. The molecule has 0 bridgehead atoms. The van der Waals surface area contributed by atoms with Gasteiger partial charge in [0, 0.05) is 28.7 Å². The van der Waals surface area contributed by atoms with Crippen LogP contribution in [-0.4, -0.2) is 18.0 Å². The highest BCUT2D eigenvalue weighted by Crippen LogP contribution is 2.41. The molecule has 0 saturated heterocycles. The summed E-state index contributed by atoms with van der Waals surface area (Å²) in [5.41, 5.74) is 15.7. The molecule has 0 spiro atoms. The van der Waals surface area contributed by atoms with Gasteiger partial charge in [-0.3, -0.25) is 0 Å². The van der Waals surface area contributed by atoms with Crippen molar-refractivity contribution in [1.82, 2.24) is 5.32 Å². The molecule has 3 nitrogen and oxygen atoms in total. The summed E-state index contributed by atoms with van der Waals surface area (Å²) in [6.07, 6.45) is 6.85. The molecule has 4 heteroatoms. The Morgan fingerprint density at radius 3 is 2.32 bits per heavy atom. The van der Waals surface area contributed by atoms with Gasteiger partial charge in [0.2, 0.25) is 0 Å². The summed E-state index contributed by atoms with van der Waals surface area (Å²) < 4.78 is 0. The quantitative estimate of drug-likeness (QED) is 0.185. The second-order valence-electron chi connectivity index (χ2n) is 12.1. The molecule has 1 heterocycles. The number of hydrogen-bond acceptors (Lipinski definition) is 4. The standard InChI is InChI=1S/C30H41N3S/c1-28(2,3)24-16-23(17-25(27(24)31)29(4,5)6)34-19-32-18-20-12-13-30(7)22(14-20)15-21-10-8-9-11-26(21)33-30/h8-12,14,16-17,32-33H,13,15,18-19,31H2,1-7H3. The third-order valence-electron chi connectivity index (χ3n) is 7.09. The summed E-state index contributed by atoms with van der Waals surface area (Å²) in [4.78, 5) is 1.29. The van der Waals surface area contributed by atoms with Crippen LogP contribution >= 0.6 is 11.8 Å². The van der Waals surface area contributed by atoms with Gasteiger partial charge in [-0.05, 0) is 76.6 Å². The fourth-order valence-corrected chi connectivity index (χ4v) is 5.76. The molecule has 1 aliphatic carbocycles. The summed E-state index contributed by atoms with van der Waals surface area (Å²) in [7, 11) is 0. The number of fused-ring (bicyclic) bond motifs is 2. The number of rotatable bonds is 5. The van der Waals surface area contributed by atoms with E-state index >= 15 is 0 Å². The van der Waals surface area contributed by atoms with Gasteiger partial charge in [-0.25, -0.2) is 0 Å². The maximum atomic E-state index is 6.63. The minimum atomic E-state index is 0.0203. The van der Waals surface area contributed by atoms with Gasteiger partial charge >= 0.3 is 0 Å². The lowest BCUT2D eigenvalue weighted by Crippen LogP contribution is -2.42. The molecule has 0 fully saturated rings. The summed E-state index contributed by atoms with van der Waals surface area (Å²) in [6.45, 7) is 16.7. The minimum Gasteiger partial charge on any atom is -0.398 e. The largest absolute Gasteiger partial charge is 0.398 e. The SMILES string of the molecule is CC12CC=C(CNCSc3cc(C(C)(C)C)c(N)c(C(C)(C)C)c3)C=C1Cc1ccccc1N2. The molecule has 1 unspecified atom stereocenters. The van der Waals surface area contributed by atoms with Gasteiger partial charge in [-0.2, -0.15) is 0 Å². The first-order chi connectivity index (χ1) is 15.9. The van der Waals surface area contributed by atoms with Crippen LogP contribution in [0.1, 0.15) is 71.6 Å². The maximum Gasteiger partial charge on any atom is 0.0598 e. The Morgan fingerprint density at radius 1 is 1.03 bits per heavy atom. The lowest BCUT2D eigenvalue weighted by atomic mass is 9.76. The van der Waals surface area contributed by atoms with Crippen molar-refractivity contribution >= 4 is 23.1 Å². The van der Waals surface area contributed by atoms with Crippen molar-refractivity contribution in [3.63, 3.8) is 0 Å². The zero-order valence-corrected chi connectivity index (χ0v) is 22.7. The Morgan fingerprint density at radius 2 is 1.68 bits per heavy atom. The van der Waals surface area contributed by atoms with E-state index in [1.807, 2.05) is 11.8 Å². The average Bonchev–Trinajstić information content (AvgIpc) is 2.74. The van der Waals surface area contributed by atoms with E-state index in [1.165, 1.54) is 38.4 Å². The van der Waals surface area contributed by atoms with Gasteiger partial charge < -0.3 is 16.4 Å². The predicted molar refractivity (Wildman–Crippen MR) is 150 cm³/mol. The topological polar surface area (TPSA) is 50.1 Å². The summed E-state index contributed by atoms with van der Waals surface area (Å²) in [5.74, 6) is 0.871. The number of nitrogen functional groups attached to an aromatic ring is 1. The van der Waals surface area contributed by atoms with Crippen molar-refractivity contribution in [2.24, 2.45) is 0 Å². The number of benzene rings is 2. The van der Waals surface area contributed by atoms with Gasteiger partial charge in [-0.1, -0.05) is 71.9 Å². The normalized spacial score (nSPS) is 20.1. The van der Waals surface area contributed by atoms with Crippen LogP contribution in [0.4, 0.5) is 11.4 Å². The third kappa shape index (κ3) is 5.23. The Balaban J connectivity index is 1.41. The van der Waals surface area contributed by atoms with E-state index < -0.39 is 0 Å². The molecule has 2 aromatic carbocycles. The Labute approximate surface area is 210 Å². The molecule has 1 aliphatic heterocycles. The highest BCUT2D eigenvalue weighted by atomic mass is 32.2. The number of thioether (sulfide) groups is 1. The van der Waals surface area contributed by atoms with E-state index in [0.717, 1.165) is 31.0 Å². The molecular formula is C30H41N3S. The van der Waals surface area contributed by atoms with Crippen molar-refractivity contribution in [2.45, 2.75) is 82.6 Å². The van der Waals surface area contributed by atoms with E-state index in [-0.39, 0.29) is 16.4 Å². The number of nitrogens with two attached hydrogens (primary N) is 1. The molecule has 0 saturated carbocycles. The van der Waals surface area contributed by atoms with Crippen LogP contribution in [0.2, 0.25) is 0 Å². The third-order valence-corrected chi connectivity index (χ3v) is 8.01. The van der Waals surface area contributed by atoms with E-state index in [9.17, 15) is 0 Å². The van der Waals surface area contributed by atoms with E-state index in [4.69, 9.17) is 5.73 Å². The molecule has 182 valence electrons. The van der Waals surface area contributed by atoms with Gasteiger partial charge in [0.25, 0.3) is 0 Å². The number of anilines is 2. The van der Waals surface area contributed by atoms with Crippen molar-refractivity contribution in [3.05, 3.63) is 76.4 Å². The van der Waals surface area contributed by atoms with Crippen molar-refractivity contribution < 1.29 is 0 Å². The fourth-order valence-electron chi connectivity index (χ4n) is 4.99. The number of nitrogens with one attached hydrogen (secondary N) is 2.